The first-order valence-corrected chi connectivity index (χ1v) is 9.02. The second kappa shape index (κ2) is 8.87. The van der Waals surface area contributed by atoms with Crippen LogP contribution in [0.15, 0.2) is 29.3 Å². The number of halogens is 1. The van der Waals surface area contributed by atoms with Crippen molar-refractivity contribution < 1.29 is 0 Å². The number of para-hydroxylation sites is 2. The van der Waals surface area contributed by atoms with Crippen LogP contribution in [0.2, 0.25) is 0 Å². The average molecular weight is 455 g/mol. The molecular weight excluding hydrogens is 425 g/mol. The predicted octanol–water partition coefficient (Wildman–Crippen LogP) is 3.83. The van der Waals surface area contributed by atoms with Crippen molar-refractivity contribution in [2.45, 2.75) is 45.6 Å². The normalized spacial score (nSPS) is 16.7. The van der Waals surface area contributed by atoms with E-state index in [9.17, 15) is 0 Å². The van der Waals surface area contributed by atoms with Gasteiger partial charge in [-0.25, -0.2) is 4.98 Å². The number of rotatable bonds is 5. The molecule has 0 amide bonds. The van der Waals surface area contributed by atoms with E-state index in [0.717, 1.165) is 29.4 Å². The molecule has 1 heterocycles. The van der Waals surface area contributed by atoms with Crippen LogP contribution >= 0.6 is 24.0 Å². The summed E-state index contributed by atoms with van der Waals surface area (Å²) in [7, 11) is 3.89. The number of nitrogens with one attached hydrogen (secondary N) is 2. The molecule has 138 valence electrons. The lowest BCUT2D eigenvalue weighted by Gasteiger charge is -2.28. The molecule has 3 rings (SSSR count). The van der Waals surface area contributed by atoms with Gasteiger partial charge in [-0.1, -0.05) is 31.9 Å². The van der Waals surface area contributed by atoms with Crippen molar-refractivity contribution in [2.75, 3.05) is 13.6 Å². The molecule has 0 unspecified atom stereocenters. The van der Waals surface area contributed by atoms with Crippen molar-refractivity contribution in [1.29, 1.82) is 0 Å². The molecule has 1 aliphatic carbocycles. The second-order valence-corrected chi connectivity index (χ2v) is 6.92. The van der Waals surface area contributed by atoms with E-state index in [1.54, 1.807) is 0 Å². The van der Waals surface area contributed by atoms with Gasteiger partial charge in [0.1, 0.15) is 5.82 Å². The van der Waals surface area contributed by atoms with Crippen LogP contribution < -0.4 is 10.6 Å². The maximum absolute atomic E-state index is 4.70. The number of guanidine groups is 1. The number of nitrogens with zero attached hydrogens (tertiary/aromatic N) is 3. The Kier molecular flexibility index (Phi) is 7.10. The lowest BCUT2D eigenvalue weighted by Crippen LogP contribution is -2.42. The summed E-state index contributed by atoms with van der Waals surface area (Å²) in [6, 6.07) is 8.23. The molecule has 0 radical (unpaired) electrons. The fourth-order valence-electron chi connectivity index (χ4n) is 3.79. The Morgan fingerprint density at radius 3 is 2.60 bits per heavy atom. The lowest BCUT2D eigenvalue weighted by atomic mass is 9.83. The number of hydrogen-bond donors (Lipinski definition) is 2. The Morgan fingerprint density at radius 1 is 1.24 bits per heavy atom. The van der Waals surface area contributed by atoms with Crippen LogP contribution in [0.5, 0.6) is 0 Å². The SMILES string of the molecule is CCC1(CNC(=NC)NCc2nc3ccccc3n2C)CCCC1.I. The Labute approximate surface area is 167 Å². The van der Waals surface area contributed by atoms with Gasteiger partial charge in [0.15, 0.2) is 5.96 Å². The van der Waals surface area contributed by atoms with Crippen molar-refractivity contribution in [2.24, 2.45) is 17.5 Å². The van der Waals surface area contributed by atoms with Crippen LogP contribution in [0.4, 0.5) is 0 Å². The first-order valence-electron chi connectivity index (χ1n) is 9.02. The van der Waals surface area contributed by atoms with Crippen LogP contribution in [-0.4, -0.2) is 29.1 Å². The largest absolute Gasteiger partial charge is 0.356 e. The van der Waals surface area contributed by atoms with E-state index in [0.29, 0.717) is 12.0 Å². The van der Waals surface area contributed by atoms with E-state index in [1.165, 1.54) is 32.1 Å². The van der Waals surface area contributed by atoms with Crippen LogP contribution in [-0.2, 0) is 13.6 Å². The van der Waals surface area contributed by atoms with Crippen molar-refractivity contribution in [3.8, 4) is 0 Å². The topological polar surface area (TPSA) is 54.2 Å². The Morgan fingerprint density at radius 2 is 1.96 bits per heavy atom. The Bertz CT molecular complexity index is 716. The van der Waals surface area contributed by atoms with Gasteiger partial charge in [0.25, 0.3) is 0 Å². The Balaban J connectivity index is 0.00000225. The average Bonchev–Trinajstić information content (AvgIpc) is 3.21. The number of hydrogen-bond acceptors (Lipinski definition) is 2. The first kappa shape index (κ1) is 20.0. The van der Waals surface area contributed by atoms with Gasteiger partial charge in [0.05, 0.1) is 17.6 Å². The fourth-order valence-corrected chi connectivity index (χ4v) is 3.79. The molecule has 0 saturated heterocycles. The van der Waals surface area contributed by atoms with Gasteiger partial charge >= 0.3 is 0 Å². The highest BCUT2D eigenvalue weighted by molar-refractivity contribution is 14.0. The molecule has 6 heteroatoms. The highest BCUT2D eigenvalue weighted by Gasteiger charge is 2.31. The van der Waals surface area contributed by atoms with Gasteiger partial charge in [-0.3, -0.25) is 4.99 Å². The summed E-state index contributed by atoms with van der Waals surface area (Å²) in [6.07, 6.45) is 6.63. The minimum atomic E-state index is 0. The smallest absolute Gasteiger partial charge is 0.191 e. The monoisotopic (exact) mass is 455 g/mol. The van der Waals surface area contributed by atoms with Gasteiger partial charge < -0.3 is 15.2 Å². The molecule has 0 bridgehead atoms. The predicted molar refractivity (Wildman–Crippen MR) is 116 cm³/mol. The third-order valence-corrected chi connectivity index (χ3v) is 5.56. The van der Waals surface area contributed by atoms with Crippen molar-refractivity contribution >= 4 is 41.0 Å². The van der Waals surface area contributed by atoms with Gasteiger partial charge in [-0.05, 0) is 36.8 Å². The zero-order valence-electron chi connectivity index (χ0n) is 15.5. The van der Waals surface area contributed by atoms with Crippen LogP contribution in [0.1, 0.15) is 44.9 Å². The van der Waals surface area contributed by atoms with Gasteiger partial charge in [0.2, 0.25) is 0 Å². The lowest BCUT2D eigenvalue weighted by molar-refractivity contribution is 0.283. The van der Waals surface area contributed by atoms with E-state index in [1.807, 2.05) is 19.2 Å². The molecule has 25 heavy (non-hydrogen) atoms. The molecule has 5 nitrogen and oxygen atoms in total. The highest BCUT2D eigenvalue weighted by atomic mass is 127. The second-order valence-electron chi connectivity index (χ2n) is 6.92. The Hall–Kier alpha value is -1.31. The van der Waals surface area contributed by atoms with Crippen molar-refractivity contribution in [3.05, 3.63) is 30.1 Å². The van der Waals surface area contributed by atoms with Crippen LogP contribution in [0.25, 0.3) is 11.0 Å². The number of benzene rings is 1. The number of aliphatic imine (C=N–C) groups is 1. The molecule has 0 spiro atoms. The summed E-state index contributed by atoms with van der Waals surface area (Å²) in [4.78, 5) is 9.07. The highest BCUT2D eigenvalue weighted by Crippen LogP contribution is 2.40. The molecule has 1 aromatic heterocycles. The fraction of sp³-hybridized carbons (Fsp3) is 0.579. The molecule has 1 saturated carbocycles. The van der Waals surface area contributed by atoms with E-state index in [4.69, 9.17) is 4.98 Å². The quantitative estimate of drug-likeness (QED) is 0.410. The molecular formula is C19H30IN5. The summed E-state index contributed by atoms with van der Waals surface area (Å²) in [5.74, 6) is 1.88. The summed E-state index contributed by atoms with van der Waals surface area (Å²) in [5.41, 5.74) is 2.65. The zero-order chi connectivity index (χ0) is 17.0. The summed E-state index contributed by atoms with van der Waals surface area (Å²) in [6.45, 7) is 3.98. The first-order chi connectivity index (χ1) is 11.7. The standard InChI is InChI=1S/C19H29N5.HI/c1-4-19(11-7-8-12-19)14-22-18(20-2)21-13-17-23-15-9-5-6-10-16(15)24(17)3;/h5-6,9-10H,4,7-8,11-14H2,1-3H3,(H2,20,21,22);1H. The number of aryl methyl sites for hydroxylation is 1. The number of imidazole rings is 1. The van der Waals surface area contributed by atoms with Crippen molar-refractivity contribution in [3.63, 3.8) is 0 Å². The van der Waals surface area contributed by atoms with Crippen LogP contribution in [0.3, 0.4) is 0 Å². The minimum Gasteiger partial charge on any atom is -0.356 e. The van der Waals surface area contributed by atoms with Crippen molar-refractivity contribution in [1.82, 2.24) is 20.2 Å². The van der Waals surface area contributed by atoms with E-state index < -0.39 is 0 Å². The number of fused-ring (bicyclic) bond motifs is 1. The number of aromatic nitrogens is 2. The van der Waals surface area contributed by atoms with E-state index >= 15 is 0 Å². The third-order valence-electron chi connectivity index (χ3n) is 5.56. The van der Waals surface area contributed by atoms with E-state index in [-0.39, 0.29) is 24.0 Å². The zero-order valence-corrected chi connectivity index (χ0v) is 17.8. The summed E-state index contributed by atoms with van der Waals surface area (Å²) < 4.78 is 2.14. The molecule has 2 N–H and O–H groups in total. The van der Waals surface area contributed by atoms with Gasteiger partial charge in [-0.15, -0.1) is 24.0 Å². The van der Waals surface area contributed by atoms with Crippen LogP contribution in [0, 0.1) is 5.41 Å². The maximum Gasteiger partial charge on any atom is 0.191 e. The molecule has 1 aromatic carbocycles. The molecule has 2 aromatic rings. The molecule has 0 aliphatic heterocycles. The molecule has 1 aliphatic rings. The van der Waals surface area contributed by atoms with Gasteiger partial charge in [0, 0.05) is 20.6 Å². The maximum atomic E-state index is 4.70. The van der Waals surface area contributed by atoms with E-state index in [2.05, 4.69) is 46.3 Å². The molecule has 0 atom stereocenters. The van der Waals surface area contributed by atoms with Gasteiger partial charge in [-0.2, -0.15) is 0 Å². The molecule has 1 fully saturated rings. The minimum absolute atomic E-state index is 0. The summed E-state index contributed by atoms with van der Waals surface area (Å²) >= 11 is 0. The third kappa shape index (κ3) is 4.46. The summed E-state index contributed by atoms with van der Waals surface area (Å²) in [5, 5.41) is 6.94.